The summed E-state index contributed by atoms with van der Waals surface area (Å²) in [5.41, 5.74) is 0. The van der Waals surface area contributed by atoms with Crippen molar-refractivity contribution >= 4 is 5.91 Å². The highest BCUT2D eigenvalue weighted by atomic mass is 16.3. The number of aliphatic hydroxyl groups is 1. The summed E-state index contributed by atoms with van der Waals surface area (Å²) in [6, 6.07) is 0.687. The van der Waals surface area contributed by atoms with Crippen LogP contribution in [-0.2, 0) is 4.79 Å². The predicted molar refractivity (Wildman–Crippen MR) is 80.5 cm³/mol. The Morgan fingerprint density at radius 1 is 1.20 bits per heavy atom. The predicted octanol–water partition coefficient (Wildman–Crippen LogP) is 1.87. The molecule has 1 N–H and O–H groups in total. The van der Waals surface area contributed by atoms with Crippen LogP contribution in [0.15, 0.2) is 0 Å². The summed E-state index contributed by atoms with van der Waals surface area (Å²) in [5.74, 6) is 0.624. The first kappa shape index (κ1) is 15.8. The first-order chi connectivity index (χ1) is 9.54. The van der Waals surface area contributed by atoms with Gasteiger partial charge in [-0.05, 0) is 65.3 Å². The van der Waals surface area contributed by atoms with Crippen LogP contribution in [-0.4, -0.2) is 58.6 Å². The molecule has 4 heteroatoms. The van der Waals surface area contributed by atoms with E-state index in [1.54, 1.807) is 0 Å². The molecule has 0 spiro atoms. The van der Waals surface area contributed by atoms with Gasteiger partial charge in [-0.25, -0.2) is 0 Å². The van der Waals surface area contributed by atoms with Crippen molar-refractivity contribution < 1.29 is 9.90 Å². The number of aliphatic hydroxyl groups excluding tert-OH is 1. The van der Waals surface area contributed by atoms with Crippen LogP contribution in [0.3, 0.4) is 0 Å². The Hall–Kier alpha value is -0.610. The van der Waals surface area contributed by atoms with Crippen LogP contribution in [0.25, 0.3) is 0 Å². The minimum absolute atomic E-state index is 0.0488. The zero-order valence-corrected chi connectivity index (χ0v) is 13.2. The second-order valence-electron chi connectivity index (χ2n) is 6.74. The molecule has 2 fully saturated rings. The fourth-order valence-electron chi connectivity index (χ4n) is 3.83. The lowest BCUT2D eigenvalue weighted by molar-refractivity contribution is -0.143. The first-order valence-electron chi connectivity index (χ1n) is 8.21. The number of piperidine rings is 2. The van der Waals surface area contributed by atoms with Gasteiger partial charge in [-0.1, -0.05) is 0 Å². The molecule has 20 heavy (non-hydrogen) atoms. The molecule has 2 rings (SSSR count). The SMILES string of the molecule is CC(C(=O)N1C(C)CCCC1C)N1CCCC(CO)C1. The molecule has 0 aromatic carbocycles. The number of hydrogen-bond donors (Lipinski definition) is 1. The van der Waals surface area contributed by atoms with E-state index in [9.17, 15) is 9.90 Å². The fraction of sp³-hybridized carbons (Fsp3) is 0.938. The maximum absolute atomic E-state index is 12.8. The summed E-state index contributed by atoms with van der Waals surface area (Å²) in [6.45, 7) is 8.48. The van der Waals surface area contributed by atoms with E-state index < -0.39 is 0 Å². The van der Waals surface area contributed by atoms with Crippen molar-refractivity contribution in [2.24, 2.45) is 5.92 Å². The third-order valence-corrected chi connectivity index (χ3v) is 5.16. The van der Waals surface area contributed by atoms with Gasteiger partial charge in [-0.15, -0.1) is 0 Å². The normalized spacial score (nSPS) is 34.0. The van der Waals surface area contributed by atoms with Crippen LogP contribution in [0.5, 0.6) is 0 Å². The molecule has 116 valence electrons. The average Bonchev–Trinajstić information content (AvgIpc) is 2.46. The van der Waals surface area contributed by atoms with Crippen molar-refractivity contribution in [2.45, 2.75) is 71.0 Å². The molecule has 2 saturated heterocycles. The van der Waals surface area contributed by atoms with Gasteiger partial charge >= 0.3 is 0 Å². The molecule has 4 nitrogen and oxygen atoms in total. The van der Waals surface area contributed by atoms with Crippen LogP contribution in [0.1, 0.15) is 52.9 Å². The minimum Gasteiger partial charge on any atom is -0.396 e. The standard InChI is InChI=1S/C16H30N2O2/c1-12-6-4-7-13(2)18(12)16(20)14(3)17-9-5-8-15(10-17)11-19/h12-15,19H,4-11H2,1-3H3. The maximum Gasteiger partial charge on any atom is 0.240 e. The number of carbonyl (C=O) groups is 1. The Balaban J connectivity index is 2.00. The Kier molecular flexibility index (Phi) is 5.44. The van der Waals surface area contributed by atoms with Gasteiger partial charge in [0.25, 0.3) is 0 Å². The third-order valence-electron chi connectivity index (χ3n) is 5.16. The summed E-state index contributed by atoms with van der Waals surface area (Å²) in [6.07, 6.45) is 5.67. The Labute approximate surface area is 123 Å². The van der Waals surface area contributed by atoms with E-state index in [4.69, 9.17) is 0 Å². The molecule has 0 aliphatic carbocycles. The number of nitrogens with zero attached hydrogens (tertiary/aromatic N) is 2. The van der Waals surface area contributed by atoms with Gasteiger partial charge < -0.3 is 10.0 Å². The molecule has 1 amide bonds. The van der Waals surface area contributed by atoms with Crippen molar-refractivity contribution in [3.05, 3.63) is 0 Å². The molecule has 0 saturated carbocycles. The minimum atomic E-state index is -0.0488. The molecular formula is C16H30N2O2. The second kappa shape index (κ2) is 6.90. The van der Waals surface area contributed by atoms with Crippen LogP contribution < -0.4 is 0 Å². The highest BCUT2D eigenvalue weighted by Crippen LogP contribution is 2.25. The van der Waals surface area contributed by atoms with E-state index in [0.29, 0.717) is 18.0 Å². The van der Waals surface area contributed by atoms with Gasteiger partial charge in [0.05, 0.1) is 6.04 Å². The van der Waals surface area contributed by atoms with Crippen molar-refractivity contribution in [1.82, 2.24) is 9.80 Å². The van der Waals surface area contributed by atoms with E-state index in [-0.39, 0.29) is 18.6 Å². The Bertz CT molecular complexity index is 324. The van der Waals surface area contributed by atoms with Crippen LogP contribution in [0.2, 0.25) is 0 Å². The summed E-state index contributed by atoms with van der Waals surface area (Å²) in [7, 11) is 0. The van der Waals surface area contributed by atoms with E-state index in [1.807, 2.05) is 6.92 Å². The van der Waals surface area contributed by atoms with Gasteiger partial charge in [0.2, 0.25) is 5.91 Å². The maximum atomic E-state index is 12.8. The van der Waals surface area contributed by atoms with E-state index >= 15 is 0 Å². The van der Waals surface area contributed by atoms with E-state index in [0.717, 1.165) is 38.8 Å². The van der Waals surface area contributed by atoms with Gasteiger partial charge in [-0.3, -0.25) is 9.69 Å². The number of likely N-dealkylation sites (tertiary alicyclic amines) is 2. The molecule has 0 bridgehead atoms. The van der Waals surface area contributed by atoms with Crippen LogP contribution in [0.4, 0.5) is 0 Å². The van der Waals surface area contributed by atoms with Crippen molar-refractivity contribution in [3.63, 3.8) is 0 Å². The lowest BCUT2D eigenvalue weighted by Crippen LogP contribution is -2.56. The first-order valence-corrected chi connectivity index (χ1v) is 8.21. The molecule has 0 aromatic heterocycles. The Morgan fingerprint density at radius 3 is 2.45 bits per heavy atom. The third kappa shape index (κ3) is 3.34. The summed E-state index contributed by atoms with van der Waals surface area (Å²) >= 11 is 0. The lowest BCUT2D eigenvalue weighted by Gasteiger charge is -2.43. The zero-order chi connectivity index (χ0) is 14.7. The van der Waals surface area contributed by atoms with Crippen LogP contribution >= 0.6 is 0 Å². The highest BCUT2D eigenvalue weighted by Gasteiger charge is 2.35. The van der Waals surface area contributed by atoms with E-state index in [1.165, 1.54) is 6.42 Å². The summed E-state index contributed by atoms with van der Waals surface area (Å²) < 4.78 is 0. The number of carbonyl (C=O) groups excluding carboxylic acids is 1. The Morgan fingerprint density at radius 2 is 1.85 bits per heavy atom. The van der Waals surface area contributed by atoms with Gasteiger partial charge in [0.1, 0.15) is 0 Å². The van der Waals surface area contributed by atoms with Gasteiger partial charge in [0.15, 0.2) is 0 Å². The number of hydrogen-bond acceptors (Lipinski definition) is 3. The van der Waals surface area contributed by atoms with Crippen molar-refractivity contribution in [1.29, 1.82) is 0 Å². The van der Waals surface area contributed by atoms with Crippen LogP contribution in [0, 0.1) is 5.92 Å². The molecule has 4 unspecified atom stereocenters. The summed E-state index contributed by atoms with van der Waals surface area (Å²) in [4.78, 5) is 17.2. The molecule has 0 radical (unpaired) electrons. The van der Waals surface area contributed by atoms with Crippen molar-refractivity contribution in [3.8, 4) is 0 Å². The molecule has 2 aliphatic heterocycles. The number of rotatable bonds is 3. The second-order valence-corrected chi connectivity index (χ2v) is 6.74. The highest BCUT2D eigenvalue weighted by molar-refractivity contribution is 5.82. The van der Waals surface area contributed by atoms with E-state index in [2.05, 4.69) is 23.6 Å². The molecule has 2 aliphatic rings. The van der Waals surface area contributed by atoms with Gasteiger partial charge in [-0.2, -0.15) is 0 Å². The largest absolute Gasteiger partial charge is 0.396 e. The molecular weight excluding hydrogens is 252 g/mol. The van der Waals surface area contributed by atoms with Crippen molar-refractivity contribution in [2.75, 3.05) is 19.7 Å². The lowest BCUT2D eigenvalue weighted by atomic mass is 9.95. The topological polar surface area (TPSA) is 43.8 Å². The molecule has 4 atom stereocenters. The smallest absolute Gasteiger partial charge is 0.240 e. The number of amides is 1. The quantitative estimate of drug-likeness (QED) is 0.859. The fourth-order valence-corrected chi connectivity index (χ4v) is 3.83. The summed E-state index contributed by atoms with van der Waals surface area (Å²) in [5, 5.41) is 9.34. The zero-order valence-electron chi connectivity index (χ0n) is 13.2. The van der Waals surface area contributed by atoms with Gasteiger partial charge in [0, 0.05) is 25.2 Å². The monoisotopic (exact) mass is 282 g/mol. The molecule has 2 heterocycles. The average molecular weight is 282 g/mol. The molecule has 0 aromatic rings.